The van der Waals surface area contributed by atoms with Gasteiger partial charge in [0.2, 0.25) is 0 Å². The minimum absolute atomic E-state index is 0.00106. The van der Waals surface area contributed by atoms with E-state index in [1.807, 2.05) is 13.8 Å². The Balaban J connectivity index is 2.45. The predicted molar refractivity (Wildman–Crippen MR) is 64.3 cm³/mol. The molecule has 4 nitrogen and oxygen atoms in total. The van der Waals surface area contributed by atoms with Crippen molar-refractivity contribution in [1.29, 1.82) is 0 Å². The molecule has 2 N–H and O–H groups in total. The average molecular weight is 228 g/mol. The third-order valence-corrected chi connectivity index (χ3v) is 3.60. The summed E-state index contributed by atoms with van der Waals surface area (Å²) in [5.41, 5.74) is -0.691. The van der Waals surface area contributed by atoms with Crippen LogP contribution in [-0.4, -0.2) is 37.2 Å². The smallest absolute Gasteiger partial charge is 0.252 e. The van der Waals surface area contributed by atoms with E-state index in [-0.39, 0.29) is 11.9 Å². The Kier molecular flexibility index (Phi) is 4.74. The zero-order valence-corrected chi connectivity index (χ0v) is 10.8. The van der Waals surface area contributed by atoms with Gasteiger partial charge >= 0.3 is 0 Å². The van der Waals surface area contributed by atoms with Crippen molar-refractivity contribution in [2.45, 2.75) is 57.7 Å². The molecule has 0 spiro atoms. The predicted octanol–water partition coefficient (Wildman–Crippen LogP) is 1.06. The van der Waals surface area contributed by atoms with Crippen molar-refractivity contribution >= 4 is 5.91 Å². The lowest BCUT2D eigenvalue weighted by Gasteiger charge is -2.32. The molecular weight excluding hydrogens is 204 g/mol. The molecule has 1 fully saturated rings. The van der Waals surface area contributed by atoms with Crippen LogP contribution in [0.4, 0.5) is 0 Å². The molecule has 3 atom stereocenters. The van der Waals surface area contributed by atoms with Crippen LogP contribution in [0.1, 0.15) is 40.0 Å². The molecule has 1 amide bonds. The molecular formula is C12H24N2O2. The number of ether oxygens (including phenoxy) is 1. The second-order valence-electron chi connectivity index (χ2n) is 4.85. The summed E-state index contributed by atoms with van der Waals surface area (Å²) in [4.78, 5) is 12.0. The second kappa shape index (κ2) is 5.64. The first-order valence-corrected chi connectivity index (χ1v) is 6.11. The van der Waals surface area contributed by atoms with E-state index in [0.29, 0.717) is 12.5 Å². The molecule has 0 aliphatic carbocycles. The van der Waals surface area contributed by atoms with Crippen LogP contribution in [0.25, 0.3) is 0 Å². The summed E-state index contributed by atoms with van der Waals surface area (Å²) in [5.74, 6) is -0.00106. The Hall–Kier alpha value is -0.610. The fourth-order valence-corrected chi connectivity index (χ4v) is 1.86. The van der Waals surface area contributed by atoms with Crippen molar-refractivity contribution in [3.05, 3.63) is 0 Å². The normalized spacial score (nSPS) is 29.5. The summed E-state index contributed by atoms with van der Waals surface area (Å²) in [6, 6.07) is 0.804. The Labute approximate surface area is 98.1 Å². The largest absolute Gasteiger partial charge is 0.369 e. The third-order valence-electron chi connectivity index (χ3n) is 3.60. The van der Waals surface area contributed by atoms with Crippen molar-refractivity contribution in [2.75, 3.05) is 13.7 Å². The Bertz CT molecular complexity index is 231. The van der Waals surface area contributed by atoms with Crippen LogP contribution in [0, 0.1) is 0 Å². The molecule has 94 valence electrons. The van der Waals surface area contributed by atoms with Gasteiger partial charge in [-0.3, -0.25) is 4.79 Å². The van der Waals surface area contributed by atoms with Gasteiger partial charge in [-0.25, -0.2) is 0 Å². The van der Waals surface area contributed by atoms with Crippen LogP contribution in [0.2, 0.25) is 0 Å². The zero-order valence-electron chi connectivity index (χ0n) is 10.8. The second-order valence-corrected chi connectivity index (χ2v) is 4.85. The van der Waals surface area contributed by atoms with E-state index in [1.165, 1.54) is 0 Å². The molecule has 4 heteroatoms. The minimum atomic E-state index is -0.691. The molecule has 0 saturated carbocycles. The Morgan fingerprint density at radius 3 is 2.69 bits per heavy atom. The molecule has 0 radical (unpaired) electrons. The number of amides is 1. The Morgan fingerprint density at radius 1 is 1.56 bits per heavy atom. The molecule has 0 bridgehead atoms. The van der Waals surface area contributed by atoms with Crippen molar-refractivity contribution in [3.8, 4) is 0 Å². The monoisotopic (exact) mass is 228 g/mol. The van der Waals surface area contributed by atoms with Crippen molar-refractivity contribution < 1.29 is 9.53 Å². The van der Waals surface area contributed by atoms with Gasteiger partial charge in [0.15, 0.2) is 0 Å². The standard InChI is InChI=1S/C12H24N2O2/c1-5-12(3,16-4)11(15)14-10-7-6-9(2)13-8-10/h9-10,13H,5-8H2,1-4H3,(H,14,15). The lowest BCUT2D eigenvalue weighted by molar-refractivity contribution is -0.142. The lowest BCUT2D eigenvalue weighted by atomic mass is 9.98. The van der Waals surface area contributed by atoms with Gasteiger partial charge in [0.1, 0.15) is 5.60 Å². The number of piperidine rings is 1. The molecule has 1 heterocycles. The number of carbonyl (C=O) groups is 1. The number of nitrogens with one attached hydrogen (secondary N) is 2. The topological polar surface area (TPSA) is 50.4 Å². The van der Waals surface area contributed by atoms with E-state index in [9.17, 15) is 4.79 Å². The summed E-state index contributed by atoms with van der Waals surface area (Å²) in [7, 11) is 1.59. The summed E-state index contributed by atoms with van der Waals surface area (Å²) in [5, 5.41) is 6.42. The number of methoxy groups -OCH3 is 1. The van der Waals surface area contributed by atoms with Crippen LogP contribution >= 0.6 is 0 Å². The van der Waals surface area contributed by atoms with Crippen molar-refractivity contribution in [3.63, 3.8) is 0 Å². The maximum atomic E-state index is 12.0. The highest BCUT2D eigenvalue weighted by Gasteiger charge is 2.32. The fraction of sp³-hybridized carbons (Fsp3) is 0.917. The lowest BCUT2D eigenvalue weighted by Crippen LogP contribution is -2.54. The van der Waals surface area contributed by atoms with E-state index < -0.39 is 5.60 Å². The Morgan fingerprint density at radius 2 is 2.25 bits per heavy atom. The summed E-state index contributed by atoms with van der Waals surface area (Å²) >= 11 is 0. The van der Waals surface area contributed by atoms with Crippen LogP contribution in [-0.2, 0) is 9.53 Å². The molecule has 3 unspecified atom stereocenters. The molecule has 0 aromatic heterocycles. The first-order chi connectivity index (χ1) is 7.51. The van der Waals surface area contributed by atoms with Gasteiger partial charge in [0.05, 0.1) is 0 Å². The van der Waals surface area contributed by atoms with Crippen LogP contribution in [0.3, 0.4) is 0 Å². The maximum Gasteiger partial charge on any atom is 0.252 e. The summed E-state index contributed by atoms with van der Waals surface area (Å²) in [6.45, 7) is 6.82. The zero-order chi connectivity index (χ0) is 12.2. The van der Waals surface area contributed by atoms with Gasteiger partial charge < -0.3 is 15.4 Å². The number of hydrogen-bond acceptors (Lipinski definition) is 3. The average Bonchev–Trinajstić information content (AvgIpc) is 2.31. The van der Waals surface area contributed by atoms with Crippen LogP contribution in [0.15, 0.2) is 0 Å². The van der Waals surface area contributed by atoms with Gasteiger partial charge in [-0.2, -0.15) is 0 Å². The molecule has 0 aromatic rings. The summed E-state index contributed by atoms with van der Waals surface area (Å²) in [6.07, 6.45) is 2.84. The minimum Gasteiger partial charge on any atom is -0.369 e. The number of hydrogen-bond donors (Lipinski definition) is 2. The van der Waals surface area contributed by atoms with E-state index in [1.54, 1.807) is 7.11 Å². The highest BCUT2D eigenvalue weighted by molar-refractivity contribution is 5.85. The summed E-state index contributed by atoms with van der Waals surface area (Å²) < 4.78 is 5.28. The van der Waals surface area contributed by atoms with Gasteiger partial charge in [-0.05, 0) is 33.1 Å². The van der Waals surface area contributed by atoms with Gasteiger partial charge in [0.25, 0.3) is 5.91 Å². The van der Waals surface area contributed by atoms with Gasteiger partial charge in [-0.1, -0.05) is 6.92 Å². The fourth-order valence-electron chi connectivity index (χ4n) is 1.86. The SMILES string of the molecule is CCC(C)(OC)C(=O)NC1CCC(C)NC1. The molecule has 0 aromatic carbocycles. The quantitative estimate of drug-likeness (QED) is 0.756. The molecule has 1 rings (SSSR count). The number of carbonyl (C=O) groups excluding carboxylic acids is 1. The molecule has 16 heavy (non-hydrogen) atoms. The van der Waals surface area contributed by atoms with Crippen molar-refractivity contribution in [1.82, 2.24) is 10.6 Å². The molecule has 1 aliphatic heterocycles. The molecule has 1 aliphatic rings. The van der Waals surface area contributed by atoms with Crippen LogP contribution in [0.5, 0.6) is 0 Å². The molecule has 1 saturated heterocycles. The van der Waals surface area contributed by atoms with E-state index in [0.717, 1.165) is 19.4 Å². The maximum absolute atomic E-state index is 12.0. The highest BCUT2D eigenvalue weighted by atomic mass is 16.5. The van der Waals surface area contributed by atoms with Crippen LogP contribution < -0.4 is 10.6 Å². The van der Waals surface area contributed by atoms with E-state index in [2.05, 4.69) is 17.6 Å². The van der Waals surface area contributed by atoms with E-state index >= 15 is 0 Å². The van der Waals surface area contributed by atoms with Gasteiger partial charge in [0, 0.05) is 25.7 Å². The number of rotatable bonds is 4. The third kappa shape index (κ3) is 3.19. The highest BCUT2D eigenvalue weighted by Crippen LogP contribution is 2.15. The van der Waals surface area contributed by atoms with Crippen molar-refractivity contribution in [2.24, 2.45) is 0 Å². The van der Waals surface area contributed by atoms with E-state index in [4.69, 9.17) is 4.74 Å². The first-order valence-electron chi connectivity index (χ1n) is 6.11. The van der Waals surface area contributed by atoms with Gasteiger partial charge in [-0.15, -0.1) is 0 Å². The first kappa shape index (κ1) is 13.5.